The molecule has 0 unspecified atom stereocenters. The van der Waals surface area contributed by atoms with Crippen molar-refractivity contribution in [2.24, 2.45) is 0 Å². The van der Waals surface area contributed by atoms with E-state index >= 15 is 0 Å². The van der Waals surface area contributed by atoms with Crippen LogP contribution in [0, 0.1) is 17.5 Å². The van der Waals surface area contributed by atoms with Gasteiger partial charge in [0.2, 0.25) is 0 Å². The van der Waals surface area contributed by atoms with Gasteiger partial charge in [0, 0.05) is 6.20 Å². The molecule has 0 spiro atoms. The van der Waals surface area contributed by atoms with Crippen LogP contribution in [0.25, 0.3) is 5.52 Å². The summed E-state index contributed by atoms with van der Waals surface area (Å²) in [6.07, 6.45) is 2.88. The molecule has 0 fully saturated rings. The van der Waals surface area contributed by atoms with Crippen LogP contribution in [0.5, 0.6) is 0 Å². The van der Waals surface area contributed by atoms with Gasteiger partial charge in [-0.25, -0.2) is 17.7 Å². The van der Waals surface area contributed by atoms with Gasteiger partial charge in [0.05, 0.1) is 22.8 Å². The molecule has 0 aliphatic carbocycles. The molecule has 0 saturated heterocycles. The molecule has 100 valence electrons. The molecule has 0 amide bonds. The predicted octanol–water partition coefficient (Wildman–Crippen LogP) is 2.98. The third kappa shape index (κ3) is 1.77. The molecule has 0 aliphatic heterocycles. The highest BCUT2D eigenvalue weighted by Gasteiger charge is 2.22. The summed E-state index contributed by atoms with van der Waals surface area (Å²) in [6, 6.07) is 6.67. The fourth-order valence-corrected chi connectivity index (χ4v) is 1.96. The minimum absolute atomic E-state index is 0.121. The van der Waals surface area contributed by atoms with Crippen LogP contribution in [0.2, 0.25) is 0 Å². The number of hydrogen-bond donors (Lipinski definition) is 0. The number of ketones is 1. The SMILES string of the molecule is O=C(c1ccc(F)c(F)c1F)c1cnn2ccccc12. The molecular formula is C14H7F3N2O. The number of benzene rings is 1. The molecule has 2 aromatic heterocycles. The topological polar surface area (TPSA) is 34.4 Å². The van der Waals surface area contributed by atoms with Crippen LogP contribution in [0.1, 0.15) is 15.9 Å². The summed E-state index contributed by atoms with van der Waals surface area (Å²) in [5.74, 6) is -5.24. The van der Waals surface area contributed by atoms with Crippen LogP contribution in [0.3, 0.4) is 0 Å². The monoisotopic (exact) mass is 276 g/mol. The molecule has 0 radical (unpaired) electrons. The van der Waals surface area contributed by atoms with Crippen molar-refractivity contribution in [3.05, 3.63) is 71.3 Å². The molecule has 0 atom stereocenters. The number of hydrogen-bond acceptors (Lipinski definition) is 2. The van der Waals surface area contributed by atoms with Gasteiger partial charge in [0.25, 0.3) is 0 Å². The lowest BCUT2D eigenvalue weighted by molar-refractivity contribution is 0.103. The van der Waals surface area contributed by atoms with Gasteiger partial charge in [0.15, 0.2) is 23.2 Å². The molecule has 6 heteroatoms. The van der Waals surface area contributed by atoms with E-state index in [0.29, 0.717) is 5.52 Å². The maximum Gasteiger partial charge on any atom is 0.199 e. The lowest BCUT2D eigenvalue weighted by Gasteiger charge is -2.03. The second-order valence-electron chi connectivity index (χ2n) is 4.14. The fraction of sp³-hybridized carbons (Fsp3) is 0. The molecule has 20 heavy (non-hydrogen) atoms. The molecule has 2 heterocycles. The van der Waals surface area contributed by atoms with E-state index in [4.69, 9.17) is 0 Å². The van der Waals surface area contributed by atoms with Crippen LogP contribution >= 0.6 is 0 Å². The van der Waals surface area contributed by atoms with Crippen LogP contribution in [0.4, 0.5) is 13.2 Å². The van der Waals surface area contributed by atoms with Gasteiger partial charge in [0.1, 0.15) is 0 Å². The lowest BCUT2D eigenvalue weighted by Crippen LogP contribution is -2.07. The van der Waals surface area contributed by atoms with Crippen LogP contribution in [0.15, 0.2) is 42.7 Å². The lowest BCUT2D eigenvalue weighted by atomic mass is 10.0. The zero-order valence-electron chi connectivity index (χ0n) is 9.98. The van der Waals surface area contributed by atoms with Crippen molar-refractivity contribution in [1.29, 1.82) is 0 Å². The smallest absolute Gasteiger partial charge is 0.199 e. The first-order valence-electron chi connectivity index (χ1n) is 5.70. The number of halogens is 3. The second-order valence-corrected chi connectivity index (χ2v) is 4.14. The minimum atomic E-state index is -1.66. The molecule has 0 N–H and O–H groups in total. The van der Waals surface area contributed by atoms with E-state index in [1.54, 1.807) is 24.4 Å². The van der Waals surface area contributed by atoms with Crippen LogP contribution < -0.4 is 0 Å². The number of aromatic nitrogens is 2. The van der Waals surface area contributed by atoms with Gasteiger partial charge in [-0.1, -0.05) is 6.07 Å². The largest absolute Gasteiger partial charge is 0.288 e. The normalized spacial score (nSPS) is 10.9. The van der Waals surface area contributed by atoms with Crippen molar-refractivity contribution >= 4 is 11.3 Å². The van der Waals surface area contributed by atoms with E-state index in [9.17, 15) is 18.0 Å². The van der Waals surface area contributed by atoms with Crippen molar-refractivity contribution < 1.29 is 18.0 Å². The van der Waals surface area contributed by atoms with Crippen molar-refractivity contribution in [2.45, 2.75) is 0 Å². The summed E-state index contributed by atoms with van der Waals surface area (Å²) in [6.45, 7) is 0. The number of carbonyl (C=O) groups excluding carboxylic acids is 1. The maximum absolute atomic E-state index is 13.6. The highest BCUT2D eigenvalue weighted by molar-refractivity contribution is 6.13. The summed E-state index contributed by atoms with van der Waals surface area (Å²) in [7, 11) is 0. The Bertz CT molecular complexity index is 826. The van der Waals surface area contributed by atoms with E-state index in [0.717, 1.165) is 12.1 Å². The zero-order chi connectivity index (χ0) is 14.3. The number of rotatable bonds is 2. The van der Waals surface area contributed by atoms with Crippen molar-refractivity contribution in [2.75, 3.05) is 0 Å². The zero-order valence-corrected chi connectivity index (χ0v) is 9.98. The van der Waals surface area contributed by atoms with Gasteiger partial charge < -0.3 is 0 Å². The Morgan fingerprint density at radius 3 is 2.60 bits per heavy atom. The number of carbonyl (C=O) groups is 1. The van der Waals surface area contributed by atoms with E-state index in [1.807, 2.05) is 0 Å². The third-order valence-corrected chi connectivity index (χ3v) is 2.95. The number of pyridine rings is 1. The maximum atomic E-state index is 13.6. The van der Waals surface area contributed by atoms with Crippen molar-refractivity contribution in [1.82, 2.24) is 9.61 Å². The average Bonchev–Trinajstić information content (AvgIpc) is 2.88. The molecule has 0 bridgehead atoms. The van der Waals surface area contributed by atoms with Crippen molar-refractivity contribution in [3.8, 4) is 0 Å². The summed E-state index contributed by atoms with van der Waals surface area (Å²) in [5, 5.41) is 3.94. The first-order valence-corrected chi connectivity index (χ1v) is 5.70. The summed E-state index contributed by atoms with van der Waals surface area (Å²) >= 11 is 0. The van der Waals surface area contributed by atoms with E-state index in [-0.39, 0.29) is 5.56 Å². The molecule has 1 aromatic carbocycles. The van der Waals surface area contributed by atoms with Gasteiger partial charge in [-0.2, -0.15) is 5.10 Å². The van der Waals surface area contributed by atoms with Gasteiger partial charge >= 0.3 is 0 Å². The Balaban J connectivity index is 2.16. The third-order valence-electron chi connectivity index (χ3n) is 2.95. The Labute approximate surface area is 111 Å². The molecule has 3 aromatic rings. The van der Waals surface area contributed by atoms with Crippen LogP contribution in [-0.4, -0.2) is 15.4 Å². The minimum Gasteiger partial charge on any atom is -0.288 e. The Morgan fingerprint density at radius 2 is 1.80 bits per heavy atom. The Hall–Kier alpha value is -2.63. The molecule has 0 aliphatic rings. The first kappa shape index (κ1) is 12.4. The quantitative estimate of drug-likeness (QED) is 0.532. The molecule has 0 saturated carbocycles. The summed E-state index contributed by atoms with van der Waals surface area (Å²) in [5.41, 5.74) is 0.0554. The van der Waals surface area contributed by atoms with E-state index in [1.165, 1.54) is 10.7 Å². The fourth-order valence-electron chi connectivity index (χ4n) is 1.96. The van der Waals surface area contributed by atoms with Crippen LogP contribution in [-0.2, 0) is 0 Å². The second kappa shape index (κ2) is 4.48. The molecular weight excluding hydrogens is 269 g/mol. The molecule has 3 rings (SSSR count). The Kier molecular flexibility index (Phi) is 2.78. The number of nitrogens with zero attached hydrogens (tertiary/aromatic N) is 2. The first-order chi connectivity index (χ1) is 9.59. The Morgan fingerprint density at radius 1 is 1.00 bits per heavy atom. The predicted molar refractivity (Wildman–Crippen MR) is 64.9 cm³/mol. The summed E-state index contributed by atoms with van der Waals surface area (Å²) < 4.78 is 41.1. The number of fused-ring (bicyclic) bond motifs is 1. The average molecular weight is 276 g/mol. The van der Waals surface area contributed by atoms with E-state index in [2.05, 4.69) is 5.10 Å². The van der Waals surface area contributed by atoms with Gasteiger partial charge in [-0.3, -0.25) is 4.79 Å². The standard InChI is InChI=1S/C14H7F3N2O/c15-10-5-4-8(12(16)13(10)17)14(20)9-7-18-19-6-2-1-3-11(9)19/h1-7H. The van der Waals surface area contributed by atoms with Crippen molar-refractivity contribution in [3.63, 3.8) is 0 Å². The highest BCUT2D eigenvalue weighted by Crippen LogP contribution is 2.20. The van der Waals surface area contributed by atoms with Gasteiger partial charge in [-0.15, -0.1) is 0 Å². The molecule has 3 nitrogen and oxygen atoms in total. The van der Waals surface area contributed by atoms with E-state index < -0.39 is 28.8 Å². The summed E-state index contributed by atoms with van der Waals surface area (Å²) in [4.78, 5) is 12.2. The highest BCUT2D eigenvalue weighted by atomic mass is 19.2. The van der Waals surface area contributed by atoms with Gasteiger partial charge in [-0.05, 0) is 24.3 Å².